The topological polar surface area (TPSA) is 77.5 Å². The molecule has 2 aromatic carbocycles. The molecule has 0 bridgehead atoms. The monoisotopic (exact) mass is 372 g/mol. The molecular weight excluding hydrogens is 351 g/mol. The van der Waals surface area contributed by atoms with Gasteiger partial charge in [-0.3, -0.25) is 0 Å². The van der Waals surface area contributed by atoms with E-state index in [2.05, 4.69) is 18.9 Å². The van der Waals surface area contributed by atoms with Crippen molar-refractivity contribution < 1.29 is 18.7 Å². The summed E-state index contributed by atoms with van der Waals surface area (Å²) in [5, 5.41) is 14.3. The van der Waals surface area contributed by atoms with E-state index in [1.807, 2.05) is 24.3 Å². The van der Waals surface area contributed by atoms with Crippen LogP contribution in [0.1, 0.15) is 25.3 Å². The maximum Gasteiger partial charge on any atom is 0.437 e. The van der Waals surface area contributed by atoms with E-state index >= 15 is 0 Å². The van der Waals surface area contributed by atoms with Gasteiger partial charge in [-0.25, -0.2) is 9.18 Å². The Kier molecular flexibility index (Phi) is 5.71. The smallest absolute Gasteiger partial charge is 0.437 e. The van der Waals surface area contributed by atoms with Crippen molar-refractivity contribution in [1.82, 2.24) is 9.78 Å². The highest BCUT2D eigenvalue weighted by Gasteiger charge is 2.15. The van der Waals surface area contributed by atoms with Gasteiger partial charge >= 0.3 is 5.76 Å². The Morgan fingerprint density at radius 2 is 1.89 bits per heavy atom. The maximum atomic E-state index is 13.0. The zero-order valence-electron chi connectivity index (χ0n) is 15.1. The number of aliphatic hydroxyl groups excluding tert-OH is 1. The lowest BCUT2D eigenvalue weighted by Crippen LogP contribution is -2.29. The van der Waals surface area contributed by atoms with E-state index in [1.54, 1.807) is 0 Å². The first kappa shape index (κ1) is 18.8. The molecule has 0 aliphatic heterocycles. The minimum Gasteiger partial charge on any atom is -0.491 e. The van der Waals surface area contributed by atoms with Crippen LogP contribution in [-0.2, 0) is 6.54 Å². The Morgan fingerprint density at radius 3 is 2.59 bits per heavy atom. The lowest BCUT2D eigenvalue weighted by molar-refractivity contribution is 0.0869. The molecule has 142 valence electrons. The van der Waals surface area contributed by atoms with Gasteiger partial charge in [0.2, 0.25) is 5.89 Å². The van der Waals surface area contributed by atoms with Gasteiger partial charge in [0.15, 0.2) is 0 Å². The van der Waals surface area contributed by atoms with Crippen LogP contribution in [0.3, 0.4) is 0 Å². The summed E-state index contributed by atoms with van der Waals surface area (Å²) < 4.78 is 24.8. The number of aliphatic hydroxyl groups is 1. The normalized spacial score (nSPS) is 12.3. The van der Waals surface area contributed by atoms with Gasteiger partial charge in [0.1, 0.15) is 24.3 Å². The second-order valence-electron chi connectivity index (χ2n) is 6.52. The minimum absolute atomic E-state index is 0.00884. The number of hydrogen-bond acceptors (Lipinski definition) is 5. The summed E-state index contributed by atoms with van der Waals surface area (Å²) in [6.45, 7) is 4.05. The summed E-state index contributed by atoms with van der Waals surface area (Å²) in [5.74, 6) is -0.0372. The first-order valence-electron chi connectivity index (χ1n) is 8.67. The van der Waals surface area contributed by atoms with E-state index in [4.69, 9.17) is 9.15 Å². The first-order chi connectivity index (χ1) is 12.9. The second kappa shape index (κ2) is 8.18. The summed E-state index contributed by atoms with van der Waals surface area (Å²) in [4.78, 5) is 11.9. The van der Waals surface area contributed by atoms with E-state index in [-0.39, 0.29) is 25.0 Å². The summed E-state index contributed by atoms with van der Waals surface area (Å²) in [6.07, 6.45) is -0.950. The number of aromatic nitrogens is 2. The van der Waals surface area contributed by atoms with E-state index in [0.717, 1.165) is 10.2 Å². The molecule has 1 heterocycles. The highest BCUT2D eigenvalue weighted by Crippen LogP contribution is 2.26. The van der Waals surface area contributed by atoms with Crippen molar-refractivity contribution in [2.75, 3.05) is 6.61 Å². The molecule has 1 N–H and O–H groups in total. The quantitative estimate of drug-likeness (QED) is 0.689. The molecule has 0 radical (unpaired) electrons. The second-order valence-corrected chi connectivity index (χ2v) is 6.52. The molecule has 3 aromatic rings. The molecule has 0 amide bonds. The van der Waals surface area contributed by atoms with Crippen LogP contribution in [0.25, 0.3) is 11.5 Å². The fraction of sp³-hybridized carbons (Fsp3) is 0.300. The van der Waals surface area contributed by atoms with E-state index in [9.17, 15) is 14.3 Å². The van der Waals surface area contributed by atoms with Crippen LogP contribution < -0.4 is 10.5 Å². The van der Waals surface area contributed by atoms with Crippen molar-refractivity contribution in [1.29, 1.82) is 0 Å². The number of hydrogen-bond donors (Lipinski definition) is 1. The van der Waals surface area contributed by atoms with E-state index < -0.39 is 17.7 Å². The van der Waals surface area contributed by atoms with Crippen molar-refractivity contribution in [3.63, 3.8) is 0 Å². The van der Waals surface area contributed by atoms with Crippen molar-refractivity contribution in [2.24, 2.45) is 0 Å². The highest BCUT2D eigenvalue weighted by atomic mass is 19.1. The maximum absolute atomic E-state index is 13.0. The van der Waals surface area contributed by atoms with Crippen LogP contribution in [-0.4, -0.2) is 27.6 Å². The average molecular weight is 372 g/mol. The number of rotatable bonds is 7. The van der Waals surface area contributed by atoms with Gasteiger partial charge in [0, 0.05) is 5.56 Å². The minimum atomic E-state index is -0.950. The Morgan fingerprint density at radius 1 is 1.19 bits per heavy atom. The van der Waals surface area contributed by atoms with Crippen molar-refractivity contribution >= 4 is 0 Å². The fourth-order valence-corrected chi connectivity index (χ4v) is 2.66. The molecule has 0 saturated heterocycles. The predicted molar refractivity (Wildman–Crippen MR) is 98.2 cm³/mol. The van der Waals surface area contributed by atoms with Crippen molar-refractivity contribution in [3.8, 4) is 17.2 Å². The summed E-state index contributed by atoms with van der Waals surface area (Å²) in [5.41, 5.74) is 1.52. The lowest BCUT2D eigenvalue weighted by atomic mass is 10.0. The van der Waals surface area contributed by atoms with Crippen molar-refractivity contribution in [2.45, 2.75) is 32.4 Å². The molecule has 7 heteroatoms. The molecule has 0 aliphatic carbocycles. The van der Waals surface area contributed by atoms with Crippen molar-refractivity contribution in [3.05, 3.63) is 70.5 Å². The van der Waals surface area contributed by atoms with Crippen LogP contribution in [0.4, 0.5) is 4.39 Å². The molecule has 3 rings (SSSR count). The number of benzene rings is 2. The Bertz CT molecular complexity index is 947. The largest absolute Gasteiger partial charge is 0.491 e. The van der Waals surface area contributed by atoms with E-state index in [0.29, 0.717) is 11.3 Å². The number of ether oxygens (including phenoxy) is 1. The van der Waals surface area contributed by atoms with Crippen LogP contribution in [0.15, 0.2) is 57.7 Å². The molecule has 1 aromatic heterocycles. The molecule has 6 nitrogen and oxygen atoms in total. The third-order valence-corrected chi connectivity index (χ3v) is 4.05. The van der Waals surface area contributed by atoms with Crippen LogP contribution in [0.5, 0.6) is 5.75 Å². The van der Waals surface area contributed by atoms with Gasteiger partial charge in [-0.1, -0.05) is 32.0 Å². The molecule has 0 spiro atoms. The molecule has 0 fully saturated rings. The fourth-order valence-electron chi connectivity index (χ4n) is 2.66. The summed E-state index contributed by atoms with van der Waals surface area (Å²) in [7, 11) is 0. The molecule has 0 aliphatic rings. The van der Waals surface area contributed by atoms with Gasteiger partial charge in [-0.05, 0) is 41.8 Å². The zero-order chi connectivity index (χ0) is 19.4. The SMILES string of the molecule is CC(C)c1ccccc1OC[C@H](O)Cn1nc(-c2ccc(F)cc2)oc1=O. The molecule has 0 unspecified atom stereocenters. The molecule has 1 atom stereocenters. The van der Waals surface area contributed by atoms with Gasteiger partial charge in [-0.2, -0.15) is 4.68 Å². The van der Waals surface area contributed by atoms with Gasteiger partial charge in [0.05, 0.1) is 6.54 Å². The van der Waals surface area contributed by atoms with E-state index in [1.165, 1.54) is 24.3 Å². The summed E-state index contributed by atoms with van der Waals surface area (Å²) >= 11 is 0. The van der Waals surface area contributed by atoms with Gasteiger partial charge < -0.3 is 14.3 Å². The number of halogens is 1. The highest BCUT2D eigenvalue weighted by molar-refractivity contribution is 5.51. The summed E-state index contributed by atoms with van der Waals surface area (Å²) in [6, 6.07) is 13.1. The van der Waals surface area contributed by atoms with Crippen LogP contribution in [0.2, 0.25) is 0 Å². The first-order valence-corrected chi connectivity index (χ1v) is 8.67. The standard InChI is InChI=1S/C20H21FN2O4/c1-13(2)17-5-3-4-6-18(17)26-12-16(24)11-23-20(25)27-19(22-23)14-7-9-15(21)10-8-14/h3-10,13,16,24H,11-12H2,1-2H3/t16-/m1/s1. The number of nitrogens with zero attached hydrogens (tertiary/aromatic N) is 2. The lowest BCUT2D eigenvalue weighted by Gasteiger charge is -2.16. The van der Waals surface area contributed by atoms with Gasteiger partial charge in [-0.15, -0.1) is 5.10 Å². The third kappa shape index (κ3) is 4.62. The van der Waals surface area contributed by atoms with Gasteiger partial charge in [0.25, 0.3) is 0 Å². The third-order valence-electron chi connectivity index (χ3n) is 4.05. The van der Waals surface area contributed by atoms with Crippen LogP contribution in [0, 0.1) is 5.82 Å². The Hall–Kier alpha value is -2.93. The Labute approximate surface area is 155 Å². The average Bonchev–Trinajstić information content (AvgIpc) is 3.01. The number of para-hydroxylation sites is 1. The molecule has 27 heavy (non-hydrogen) atoms. The zero-order valence-corrected chi connectivity index (χ0v) is 15.1. The van der Waals surface area contributed by atoms with Crippen LogP contribution >= 0.6 is 0 Å². The molecular formula is C20H21FN2O4. The molecule has 0 saturated carbocycles. The Balaban J connectivity index is 1.66. The predicted octanol–water partition coefficient (Wildman–Crippen LogP) is 3.21.